The minimum atomic E-state index is -0.282. The van der Waals surface area contributed by atoms with Crippen LogP contribution in [0.4, 0.5) is 0 Å². The zero-order valence-electron chi connectivity index (χ0n) is 20.6. The monoisotopic (exact) mass is 522 g/mol. The third-order valence-electron chi connectivity index (χ3n) is 7.34. The average Bonchev–Trinajstić information content (AvgIpc) is 2.89. The van der Waals surface area contributed by atoms with E-state index < -0.39 is 0 Å². The summed E-state index contributed by atoms with van der Waals surface area (Å²) in [4.78, 5) is 17.5. The molecule has 36 heavy (non-hydrogen) atoms. The quantitative estimate of drug-likeness (QED) is 0.293. The molecule has 1 fully saturated rings. The molecule has 4 rings (SSSR count). The number of allylic oxidation sites excluding steroid dienone is 1. The second-order valence-corrected chi connectivity index (χ2v) is 10.5. The third kappa shape index (κ3) is 6.11. The Balaban J connectivity index is 1.67. The predicted octanol–water partition coefficient (Wildman–Crippen LogP) is 7.65. The SMILES string of the molecule is C=CC[C@H]1C[C@H](c2cccc(Cl)c2)[C@H](C(C)C(C)C(Oc2ccccn2)c2ccc(Cl)cc2)NC1=O. The Morgan fingerprint density at radius 2 is 1.86 bits per heavy atom. The number of piperidine rings is 1. The maximum atomic E-state index is 13.1. The van der Waals surface area contributed by atoms with Crippen LogP contribution in [0.15, 0.2) is 85.6 Å². The van der Waals surface area contributed by atoms with Gasteiger partial charge < -0.3 is 10.1 Å². The highest BCUT2D eigenvalue weighted by atomic mass is 35.5. The molecule has 2 heterocycles. The summed E-state index contributed by atoms with van der Waals surface area (Å²) in [5, 5.41) is 4.72. The lowest BCUT2D eigenvalue weighted by molar-refractivity contribution is -0.129. The summed E-state index contributed by atoms with van der Waals surface area (Å²) >= 11 is 12.5. The minimum Gasteiger partial charge on any atom is -0.469 e. The van der Waals surface area contributed by atoms with Gasteiger partial charge in [0.15, 0.2) is 0 Å². The number of amides is 1. The second-order valence-electron chi connectivity index (χ2n) is 9.63. The fraction of sp³-hybridized carbons (Fsp3) is 0.333. The van der Waals surface area contributed by atoms with E-state index in [1.807, 2.05) is 66.7 Å². The van der Waals surface area contributed by atoms with E-state index in [4.69, 9.17) is 27.9 Å². The van der Waals surface area contributed by atoms with Gasteiger partial charge in [-0.25, -0.2) is 4.98 Å². The normalized spacial score (nSPS) is 22.2. The van der Waals surface area contributed by atoms with Crippen LogP contribution in [-0.4, -0.2) is 16.9 Å². The highest BCUT2D eigenvalue weighted by Gasteiger charge is 2.42. The molecule has 0 aliphatic carbocycles. The number of aromatic nitrogens is 1. The van der Waals surface area contributed by atoms with Crippen LogP contribution in [0.25, 0.3) is 0 Å². The lowest BCUT2D eigenvalue weighted by Crippen LogP contribution is -2.53. The second kappa shape index (κ2) is 11.9. The summed E-state index contributed by atoms with van der Waals surface area (Å²) < 4.78 is 6.46. The molecule has 2 aromatic carbocycles. The Bertz CT molecular complexity index is 1170. The molecule has 3 unspecified atom stereocenters. The molecule has 6 heteroatoms. The summed E-state index contributed by atoms with van der Waals surface area (Å²) in [6.07, 6.45) is 4.65. The molecule has 4 nitrogen and oxygen atoms in total. The van der Waals surface area contributed by atoms with Crippen molar-refractivity contribution in [2.45, 2.75) is 44.8 Å². The summed E-state index contributed by atoms with van der Waals surface area (Å²) in [7, 11) is 0. The van der Waals surface area contributed by atoms with Gasteiger partial charge in [-0.1, -0.05) is 73.5 Å². The first-order chi connectivity index (χ1) is 17.4. The Morgan fingerprint density at radius 1 is 1.08 bits per heavy atom. The van der Waals surface area contributed by atoms with Crippen molar-refractivity contribution >= 4 is 29.1 Å². The van der Waals surface area contributed by atoms with Gasteiger partial charge in [-0.05, 0) is 60.2 Å². The molecule has 6 atom stereocenters. The number of carbonyl (C=O) groups is 1. The fourth-order valence-corrected chi connectivity index (χ4v) is 5.53. The number of ether oxygens (including phenoxy) is 1. The van der Waals surface area contributed by atoms with Crippen LogP contribution in [0.1, 0.15) is 49.8 Å². The minimum absolute atomic E-state index is 0.0381. The van der Waals surface area contributed by atoms with E-state index in [1.54, 1.807) is 6.20 Å². The highest BCUT2D eigenvalue weighted by Crippen LogP contribution is 2.42. The Kier molecular flexibility index (Phi) is 8.71. The number of hydrogen-bond donors (Lipinski definition) is 1. The van der Waals surface area contributed by atoms with Crippen molar-refractivity contribution < 1.29 is 9.53 Å². The molecular weight excluding hydrogens is 491 g/mol. The summed E-state index contributed by atoms with van der Waals surface area (Å²) in [5.41, 5.74) is 2.14. The van der Waals surface area contributed by atoms with Crippen LogP contribution < -0.4 is 10.1 Å². The molecular formula is C30H32Cl2N2O2. The molecule has 0 saturated carbocycles. The van der Waals surface area contributed by atoms with Crippen molar-refractivity contribution in [3.05, 3.63) is 107 Å². The number of carbonyl (C=O) groups excluding carboxylic acids is 1. The zero-order valence-corrected chi connectivity index (χ0v) is 22.1. The number of pyridine rings is 1. The van der Waals surface area contributed by atoms with Crippen molar-refractivity contribution in [2.24, 2.45) is 17.8 Å². The van der Waals surface area contributed by atoms with E-state index in [2.05, 4.69) is 36.8 Å². The topological polar surface area (TPSA) is 51.2 Å². The van der Waals surface area contributed by atoms with Crippen molar-refractivity contribution in [1.82, 2.24) is 10.3 Å². The summed E-state index contributed by atoms with van der Waals surface area (Å²) in [6.45, 7) is 8.21. The standard InChI is InChI=1S/C30H32Cl2N2O2/c1-4-8-23-18-26(22-9-7-10-25(32)17-22)28(34-30(23)35)19(2)20(3)29(21-12-14-24(31)15-13-21)36-27-11-5-6-16-33-27/h4-7,9-17,19-20,23,26,28-29H,1,8,18H2,2-3H3,(H,34,35)/t19?,20?,23-,26+,28-,29?/m0/s1. The number of nitrogens with one attached hydrogen (secondary N) is 1. The van der Waals surface area contributed by atoms with Crippen LogP contribution in [0, 0.1) is 17.8 Å². The Hall–Kier alpha value is -2.82. The van der Waals surface area contributed by atoms with Gasteiger partial charge in [0.2, 0.25) is 11.8 Å². The first-order valence-electron chi connectivity index (χ1n) is 12.4. The largest absolute Gasteiger partial charge is 0.469 e. The molecule has 1 saturated heterocycles. The van der Waals surface area contributed by atoms with Crippen LogP contribution >= 0.6 is 23.2 Å². The van der Waals surface area contributed by atoms with Crippen molar-refractivity contribution in [3.63, 3.8) is 0 Å². The molecule has 1 N–H and O–H groups in total. The van der Waals surface area contributed by atoms with Crippen molar-refractivity contribution in [1.29, 1.82) is 0 Å². The third-order valence-corrected chi connectivity index (χ3v) is 7.82. The Morgan fingerprint density at radius 3 is 2.53 bits per heavy atom. The van der Waals surface area contributed by atoms with Crippen molar-refractivity contribution in [2.75, 3.05) is 0 Å². The van der Waals surface area contributed by atoms with Gasteiger partial charge in [0, 0.05) is 46.1 Å². The molecule has 1 aliphatic rings. The zero-order chi connectivity index (χ0) is 25.7. The highest BCUT2D eigenvalue weighted by molar-refractivity contribution is 6.30. The van der Waals surface area contributed by atoms with Gasteiger partial charge in [-0.15, -0.1) is 6.58 Å². The first kappa shape index (κ1) is 26.2. The molecule has 0 spiro atoms. The molecule has 1 aromatic heterocycles. The van der Waals surface area contributed by atoms with E-state index in [-0.39, 0.29) is 41.7 Å². The van der Waals surface area contributed by atoms with Crippen LogP contribution in [-0.2, 0) is 4.79 Å². The van der Waals surface area contributed by atoms with Gasteiger partial charge in [0.25, 0.3) is 0 Å². The predicted molar refractivity (Wildman–Crippen MR) is 146 cm³/mol. The number of halogens is 2. The van der Waals surface area contributed by atoms with E-state index in [0.29, 0.717) is 22.3 Å². The van der Waals surface area contributed by atoms with Gasteiger partial charge in [-0.3, -0.25) is 4.79 Å². The summed E-state index contributed by atoms with van der Waals surface area (Å²) in [6, 6.07) is 21.3. The lowest BCUT2D eigenvalue weighted by Gasteiger charge is -2.43. The smallest absolute Gasteiger partial charge is 0.223 e. The van der Waals surface area contributed by atoms with Gasteiger partial charge in [0.1, 0.15) is 6.10 Å². The maximum absolute atomic E-state index is 13.1. The van der Waals surface area contributed by atoms with Crippen molar-refractivity contribution in [3.8, 4) is 5.88 Å². The molecule has 3 aromatic rings. The number of rotatable bonds is 9. The van der Waals surface area contributed by atoms with E-state index in [9.17, 15) is 4.79 Å². The van der Waals surface area contributed by atoms with Crippen LogP contribution in [0.2, 0.25) is 10.0 Å². The molecule has 0 radical (unpaired) electrons. The molecule has 188 valence electrons. The molecule has 0 bridgehead atoms. The van der Waals surface area contributed by atoms with E-state index >= 15 is 0 Å². The van der Waals surface area contributed by atoms with E-state index in [0.717, 1.165) is 17.5 Å². The molecule has 1 amide bonds. The van der Waals surface area contributed by atoms with Gasteiger partial charge in [0.05, 0.1) is 0 Å². The molecule has 1 aliphatic heterocycles. The number of hydrogen-bond acceptors (Lipinski definition) is 3. The maximum Gasteiger partial charge on any atom is 0.223 e. The number of nitrogens with zero attached hydrogens (tertiary/aromatic N) is 1. The van der Waals surface area contributed by atoms with Crippen LogP contribution in [0.3, 0.4) is 0 Å². The fourth-order valence-electron chi connectivity index (χ4n) is 5.21. The van der Waals surface area contributed by atoms with Gasteiger partial charge >= 0.3 is 0 Å². The Labute approximate surface area is 223 Å². The lowest BCUT2D eigenvalue weighted by atomic mass is 9.70. The summed E-state index contributed by atoms with van der Waals surface area (Å²) in [5.74, 6) is 0.752. The van der Waals surface area contributed by atoms with Gasteiger partial charge in [-0.2, -0.15) is 0 Å². The van der Waals surface area contributed by atoms with Crippen LogP contribution in [0.5, 0.6) is 5.88 Å². The van der Waals surface area contributed by atoms with E-state index in [1.165, 1.54) is 0 Å². The first-order valence-corrected chi connectivity index (χ1v) is 13.1. The number of benzene rings is 2. The average molecular weight is 524 g/mol.